The number of hydrogen-bond donors (Lipinski definition) is 0. The normalized spacial score (nSPS) is 21.8. The molecule has 11 heteroatoms. The minimum Gasteiger partial charge on any atom is -0.339 e. The standard InChI is InChI=1S/C23H24F3N7O/c1-13-4-6-18(33-28-10-14(2)30-33)21(29-13)22(34)32-12-16-8-15(16)9-20(32)31(3)19-7-5-17(11-27-19)23(24,25)26/h4-7,10-11,15-16,20H,8-9,12H2,1-3H3. The topological polar surface area (TPSA) is 80.0 Å². The monoisotopic (exact) mass is 471 g/mol. The Labute approximate surface area is 194 Å². The van der Waals surface area contributed by atoms with E-state index in [9.17, 15) is 18.0 Å². The Hall–Kier alpha value is -3.50. The van der Waals surface area contributed by atoms with Crippen molar-refractivity contribution in [1.82, 2.24) is 29.9 Å². The number of carbonyl (C=O) groups excluding carboxylic acids is 1. The van der Waals surface area contributed by atoms with Crippen LogP contribution in [-0.2, 0) is 6.18 Å². The van der Waals surface area contributed by atoms with Gasteiger partial charge in [0.15, 0.2) is 5.69 Å². The number of fused-ring (bicyclic) bond motifs is 1. The van der Waals surface area contributed by atoms with Gasteiger partial charge in [0.25, 0.3) is 5.91 Å². The molecule has 1 aliphatic carbocycles. The van der Waals surface area contributed by atoms with E-state index in [-0.39, 0.29) is 17.8 Å². The van der Waals surface area contributed by atoms with Crippen LogP contribution in [-0.4, -0.2) is 55.5 Å². The molecule has 3 atom stereocenters. The summed E-state index contributed by atoms with van der Waals surface area (Å²) in [6.45, 7) is 4.18. The fourth-order valence-electron chi connectivity index (χ4n) is 4.55. The summed E-state index contributed by atoms with van der Waals surface area (Å²) >= 11 is 0. The average molecular weight is 471 g/mol. The molecule has 2 aliphatic rings. The van der Waals surface area contributed by atoms with Crippen molar-refractivity contribution < 1.29 is 18.0 Å². The molecule has 0 radical (unpaired) electrons. The van der Waals surface area contributed by atoms with Gasteiger partial charge in [0, 0.05) is 25.5 Å². The predicted octanol–water partition coefficient (Wildman–Crippen LogP) is 3.64. The van der Waals surface area contributed by atoms with Gasteiger partial charge >= 0.3 is 6.18 Å². The quantitative estimate of drug-likeness (QED) is 0.578. The van der Waals surface area contributed by atoms with Crippen molar-refractivity contribution in [2.75, 3.05) is 18.5 Å². The molecule has 0 bridgehead atoms. The summed E-state index contributed by atoms with van der Waals surface area (Å²) in [6.07, 6.45) is -0.630. The van der Waals surface area contributed by atoms with Crippen LogP contribution in [0.2, 0.25) is 0 Å². The summed E-state index contributed by atoms with van der Waals surface area (Å²) in [5.74, 6) is 1.03. The van der Waals surface area contributed by atoms with Crippen LogP contribution in [0, 0.1) is 25.7 Å². The Bertz CT molecular complexity index is 1220. The maximum Gasteiger partial charge on any atom is 0.417 e. The second kappa shape index (κ2) is 8.07. The molecule has 178 valence electrons. The van der Waals surface area contributed by atoms with Crippen molar-refractivity contribution in [1.29, 1.82) is 0 Å². The highest BCUT2D eigenvalue weighted by Crippen LogP contribution is 2.48. The molecule has 4 heterocycles. The summed E-state index contributed by atoms with van der Waals surface area (Å²) in [5, 5.41) is 8.57. The first-order valence-electron chi connectivity index (χ1n) is 11.1. The predicted molar refractivity (Wildman–Crippen MR) is 117 cm³/mol. The lowest BCUT2D eigenvalue weighted by molar-refractivity contribution is -0.137. The van der Waals surface area contributed by atoms with Crippen molar-refractivity contribution in [3.63, 3.8) is 0 Å². The van der Waals surface area contributed by atoms with E-state index in [2.05, 4.69) is 20.2 Å². The zero-order chi connectivity index (χ0) is 24.2. The first-order chi connectivity index (χ1) is 16.1. The number of aryl methyl sites for hydroxylation is 2. The Kier molecular flexibility index (Phi) is 5.29. The number of pyridine rings is 2. The van der Waals surface area contributed by atoms with E-state index in [0.29, 0.717) is 41.3 Å². The SMILES string of the molecule is Cc1ccc(-n2ncc(C)n2)c(C(=O)N2CC3CC3CC2N(C)c2ccc(C(F)(F)F)cn2)n1. The second-order valence-corrected chi connectivity index (χ2v) is 9.04. The van der Waals surface area contributed by atoms with Crippen molar-refractivity contribution in [3.05, 3.63) is 59.3 Å². The van der Waals surface area contributed by atoms with E-state index >= 15 is 0 Å². The zero-order valence-electron chi connectivity index (χ0n) is 19.0. The molecule has 1 aliphatic heterocycles. The Balaban J connectivity index is 1.48. The van der Waals surface area contributed by atoms with Gasteiger partial charge in [0.2, 0.25) is 0 Å². The van der Waals surface area contributed by atoms with Gasteiger partial charge in [-0.1, -0.05) is 0 Å². The highest BCUT2D eigenvalue weighted by Gasteiger charge is 2.49. The molecule has 0 N–H and O–H groups in total. The molecule has 1 saturated heterocycles. The largest absolute Gasteiger partial charge is 0.417 e. The van der Waals surface area contributed by atoms with Crippen LogP contribution >= 0.6 is 0 Å². The molecule has 1 amide bonds. The number of halogens is 3. The van der Waals surface area contributed by atoms with Crippen LogP contribution in [0.25, 0.3) is 5.69 Å². The Morgan fingerprint density at radius 3 is 2.50 bits per heavy atom. The van der Waals surface area contributed by atoms with Gasteiger partial charge in [-0.2, -0.15) is 23.4 Å². The number of likely N-dealkylation sites (tertiary alicyclic amines) is 1. The first kappa shape index (κ1) is 22.3. The van der Waals surface area contributed by atoms with Gasteiger partial charge in [-0.25, -0.2) is 9.97 Å². The van der Waals surface area contributed by atoms with E-state index in [4.69, 9.17) is 0 Å². The number of alkyl halides is 3. The summed E-state index contributed by atoms with van der Waals surface area (Å²) < 4.78 is 38.9. The van der Waals surface area contributed by atoms with Gasteiger partial charge in [-0.05, 0) is 62.8 Å². The van der Waals surface area contributed by atoms with E-state index in [1.54, 1.807) is 35.2 Å². The second-order valence-electron chi connectivity index (χ2n) is 9.04. The minimum atomic E-state index is -4.45. The maximum absolute atomic E-state index is 13.8. The molecule has 0 spiro atoms. The fourth-order valence-corrected chi connectivity index (χ4v) is 4.55. The molecule has 1 saturated carbocycles. The molecule has 3 unspecified atom stereocenters. The van der Waals surface area contributed by atoms with Crippen LogP contribution in [0.15, 0.2) is 36.7 Å². The summed E-state index contributed by atoms with van der Waals surface area (Å²) in [7, 11) is 1.76. The Morgan fingerprint density at radius 1 is 1.06 bits per heavy atom. The third kappa shape index (κ3) is 4.10. The van der Waals surface area contributed by atoms with E-state index in [1.807, 2.05) is 13.8 Å². The van der Waals surface area contributed by atoms with E-state index < -0.39 is 11.7 Å². The van der Waals surface area contributed by atoms with Gasteiger partial charge in [-0.15, -0.1) is 4.80 Å². The summed E-state index contributed by atoms with van der Waals surface area (Å²) in [5.41, 5.74) is 1.32. The van der Waals surface area contributed by atoms with Crippen molar-refractivity contribution >= 4 is 11.7 Å². The molecule has 3 aromatic heterocycles. The van der Waals surface area contributed by atoms with Crippen LogP contribution < -0.4 is 4.90 Å². The molecular weight excluding hydrogens is 447 g/mol. The van der Waals surface area contributed by atoms with Gasteiger partial charge in [0.05, 0.1) is 17.5 Å². The smallest absolute Gasteiger partial charge is 0.339 e. The molecule has 3 aromatic rings. The minimum absolute atomic E-state index is 0.244. The number of hydrogen-bond acceptors (Lipinski definition) is 6. The lowest BCUT2D eigenvalue weighted by atomic mass is 10.1. The number of amides is 1. The molecule has 34 heavy (non-hydrogen) atoms. The van der Waals surface area contributed by atoms with Crippen LogP contribution in [0.1, 0.15) is 40.3 Å². The third-order valence-electron chi connectivity index (χ3n) is 6.56. The number of anilines is 1. The molecular formula is C23H24F3N7O. The summed E-state index contributed by atoms with van der Waals surface area (Å²) in [6, 6.07) is 5.93. The van der Waals surface area contributed by atoms with Crippen molar-refractivity contribution in [3.8, 4) is 5.69 Å². The average Bonchev–Trinajstić information content (AvgIpc) is 3.45. The molecule has 8 nitrogen and oxygen atoms in total. The lowest BCUT2D eigenvalue weighted by Crippen LogP contribution is -2.53. The van der Waals surface area contributed by atoms with Gasteiger partial charge in [0.1, 0.15) is 17.7 Å². The third-order valence-corrected chi connectivity index (χ3v) is 6.56. The lowest BCUT2D eigenvalue weighted by Gasteiger charge is -2.41. The van der Waals surface area contributed by atoms with Crippen molar-refractivity contribution in [2.45, 2.75) is 39.0 Å². The van der Waals surface area contributed by atoms with Crippen molar-refractivity contribution in [2.24, 2.45) is 11.8 Å². The number of piperidine rings is 1. The number of rotatable bonds is 4. The fraction of sp³-hybridized carbons (Fsp3) is 0.435. The number of carbonyl (C=O) groups is 1. The van der Waals surface area contributed by atoms with Crippen LogP contribution in [0.3, 0.4) is 0 Å². The van der Waals surface area contributed by atoms with Gasteiger partial charge < -0.3 is 9.80 Å². The first-order valence-corrected chi connectivity index (χ1v) is 11.1. The number of nitrogens with zero attached hydrogens (tertiary/aromatic N) is 7. The zero-order valence-corrected chi connectivity index (χ0v) is 19.0. The van der Waals surface area contributed by atoms with E-state index in [1.165, 1.54) is 10.9 Å². The maximum atomic E-state index is 13.8. The number of aromatic nitrogens is 5. The van der Waals surface area contributed by atoms with E-state index in [0.717, 1.165) is 25.1 Å². The van der Waals surface area contributed by atoms with Crippen LogP contribution in [0.4, 0.5) is 19.0 Å². The summed E-state index contributed by atoms with van der Waals surface area (Å²) in [4.78, 5) is 27.3. The highest BCUT2D eigenvalue weighted by atomic mass is 19.4. The molecule has 5 rings (SSSR count). The van der Waals surface area contributed by atoms with Gasteiger partial charge in [-0.3, -0.25) is 4.79 Å². The van der Waals surface area contributed by atoms with Crippen LogP contribution in [0.5, 0.6) is 0 Å². The highest BCUT2D eigenvalue weighted by molar-refractivity contribution is 5.96. The molecule has 2 fully saturated rings. The molecule has 0 aromatic carbocycles. The Morgan fingerprint density at radius 2 is 1.85 bits per heavy atom.